The summed E-state index contributed by atoms with van der Waals surface area (Å²) < 4.78 is 16.6. The van der Waals surface area contributed by atoms with Crippen molar-refractivity contribution < 1.29 is 23.5 Å². The lowest BCUT2D eigenvalue weighted by Gasteiger charge is -2.27. The Hall–Kier alpha value is -2.80. The summed E-state index contributed by atoms with van der Waals surface area (Å²) in [5, 5.41) is 4.25. The lowest BCUT2D eigenvalue weighted by Crippen LogP contribution is -2.44. The van der Waals surface area contributed by atoms with E-state index in [2.05, 4.69) is 5.32 Å². The summed E-state index contributed by atoms with van der Waals surface area (Å²) in [6.07, 6.45) is 5.08. The van der Waals surface area contributed by atoms with Gasteiger partial charge in [0.2, 0.25) is 5.43 Å². The van der Waals surface area contributed by atoms with E-state index >= 15 is 0 Å². The van der Waals surface area contributed by atoms with Gasteiger partial charge in [-0.1, -0.05) is 30.9 Å². The molecule has 2 aliphatic rings. The summed E-state index contributed by atoms with van der Waals surface area (Å²) in [6, 6.07) is 4.79. The summed E-state index contributed by atoms with van der Waals surface area (Å²) in [4.78, 5) is 39.6. The number of rotatable bonds is 6. The van der Waals surface area contributed by atoms with Crippen LogP contribution in [-0.4, -0.2) is 31.2 Å². The molecule has 1 N–H and O–H groups in total. The van der Waals surface area contributed by atoms with E-state index < -0.39 is 17.9 Å². The van der Waals surface area contributed by atoms with Crippen molar-refractivity contribution in [3.63, 3.8) is 0 Å². The number of hydrogen-bond acceptors (Lipinski definition) is 7. The van der Waals surface area contributed by atoms with Gasteiger partial charge in [0.15, 0.2) is 5.42 Å². The molecule has 170 valence electrons. The fraction of sp³-hybridized carbons (Fsp3) is 0.458. The number of hydrogen-bond donors (Lipinski definition) is 1. The Balaban J connectivity index is 2.04. The Bertz CT molecular complexity index is 1240. The zero-order valence-electron chi connectivity index (χ0n) is 18.2. The molecule has 1 atom stereocenters. The maximum atomic E-state index is 13.6. The minimum absolute atomic E-state index is 0.00689. The van der Waals surface area contributed by atoms with Crippen LogP contribution in [0.4, 0.5) is 0 Å². The van der Waals surface area contributed by atoms with Gasteiger partial charge >= 0.3 is 11.9 Å². The van der Waals surface area contributed by atoms with Crippen molar-refractivity contribution in [3.05, 3.63) is 44.1 Å². The minimum atomic E-state index is -1.12. The minimum Gasteiger partial charge on any atom is -0.465 e. The van der Waals surface area contributed by atoms with Crippen LogP contribution in [0, 0.1) is 5.92 Å². The van der Waals surface area contributed by atoms with Gasteiger partial charge in [0.1, 0.15) is 17.1 Å². The maximum absolute atomic E-state index is 13.6. The molecule has 0 aliphatic heterocycles. The molecular weight excluding hydrogens is 434 g/mol. The van der Waals surface area contributed by atoms with Gasteiger partial charge in [-0.2, -0.15) is 0 Å². The van der Waals surface area contributed by atoms with Gasteiger partial charge in [0.25, 0.3) is 0 Å². The fourth-order valence-electron chi connectivity index (χ4n) is 4.52. The molecule has 0 saturated heterocycles. The van der Waals surface area contributed by atoms with Crippen LogP contribution in [0.1, 0.15) is 46.0 Å². The molecule has 0 spiro atoms. The fourth-order valence-corrected chi connectivity index (χ4v) is 4.70. The Morgan fingerprint density at radius 2 is 1.84 bits per heavy atom. The number of ether oxygens (including phenoxy) is 2. The monoisotopic (exact) mass is 459 g/mol. The van der Waals surface area contributed by atoms with E-state index in [1.54, 1.807) is 26.0 Å². The topological polar surface area (TPSA) is 94.8 Å². The van der Waals surface area contributed by atoms with Crippen molar-refractivity contribution in [1.29, 1.82) is 0 Å². The second-order valence-corrected chi connectivity index (χ2v) is 8.42. The van der Waals surface area contributed by atoms with Gasteiger partial charge in [-0.05, 0) is 44.9 Å². The van der Waals surface area contributed by atoms with Gasteiger partial charge in [-0.15, -0.1) is 0 Å². The van der Waals surface area contributed by atoms with Crippen LogP contribution in [0.15, 0.2) is 27.4 Å². The highest BCUT2D eigenvalue weighted by Crippen LogP contribution is 2.28. The van der Waals surface area contributed by atoms with Gasteiger partial charge < -0.3 is 19.2 Å². The first-order chi connectivity index (χ1) is 15.5. The van der Waals surface area contributed by atoms with E-state index in [4.69, 9.17) is 25.5 Å². The predicted octanol–water partition coefficient (Wildman–Crippen LogP) is 2.38. The molecule has 1 saturated carbocycles. The van der Waals surface area contributed by atoms with Crippen LogP contribution in [0.2, 0.25) is 5.02 Å². The smallest absolute Gasteiger partial charge is 0.339 e. The first-order valence-corrected chi connectivity index (χ1v) is 11.4. The summed E-state index contributed by atoms with van der Waals surface area (Å²) in [5.74, 6) is -2.44. The number of carbonyl (C=O) groups is 2. The Kier molecular flexibility index (Phi) is 6.55. The molecule has 2 aliphatic carbocycles. The molecule has 4 rings (SSSR count). The maximum Gasteiger partial charge on any atom is 0.339 e. The summed E-state index contributed by atoms with van der Waals surface area (Å²) >= 11 is 6.12. The Morgan fingerprint density at radius 3 is 2.53 bits per heavy atom. The molecule has 0 amide bonds. The lowest BCUT2D eigenvalue weighted by molar-refractivity contribution is -0.146. The Labute approximate surface area is 190 Å². The average molecular weight is 460 g/mol. The zero-order valence-corrected chi connectivity index (χ0v) is 18.9. The predicted molar refractivity (Wildman–Crippen MR) is 120 cm³/mol. The van der Waals surface area contributed by atoms with E-state index in [0.717, 1.165) is 32.1 Å². The molecule has 32 heavy (non-hydrogen) atoms. The van der Waals surface area contributed by atoms with Crippen molar-refractivity contribution in [3.8, 4) is 0 Å². The zero-order chi connectivity index (χ0) is 22.8. The van der Waals surface area contributed by atoms with Crippen molar-refractivity contribution in [2.24, 2.45) is 5.92 Å². The summed E-state index contributed by atoms with van der Waals surface area (Å²) in [7, 11) is 0. The highest BCUT2D eigenvalue weighted by Gasteiger charge is 2.41. The molecule has 2 aromatic rings. The van der Waals surface area contributed by atoms with Crippen LogP contribution < -0.4 is 21.4 Å². The molecule has 1 aromatic carbocycles. The van der Waals surface area contributed by atoms with E-state index in [0.29, 0.717) is 10.7 Å². The third-order valence-corrected chi connectivity index (χ3v) is 6.16. The van der Waals surface area contributed by atoms with Crippen LogP contribution in [0.3, 0.4) is 0 Å². The molecule has 1 unspecified atom stereocenters. The SMILES string of the molecule is CCOC(=O)C1=c2oc3ccc(Cl)cc3c(=O)c2=C(NC2CCCCC2)C1C(=O)OCC. The third-order valence-electron chi connectivity index (χ3n) is 5.93. The van der Waals surface area contributed by atoms with E-state index in [1.807, 2.05) is 0 Å². The third kappa shape index (κ3) is 4.01. The normalized spacial score (nSPS) is 18.5. The molecule has 0 radical (unpaired) electrons. The highest BCUT2D eigenvalue weighted by molar-refractivity contribution is 6.31. The van der Waals surface area contributed by atoms with Crippen molar-refractivity contribution in [1.82, 2.24) is 5.32 Å². The van der Waals surface area contributed by atoms with Crippen LogP contribution in [0.5, 0.6) is 0 Å². The standard InChI is InChI=1S/C24H26ClNO6/c1-3-30-23(28)17-18(24(29)31-4-2)22-19(20(17)26-14-8-6-5-7-9-14)21(27)15-12-13(25)10-11-16(15)32-22/h10-12,14,17,26H,3-9H2,1-2H3. The number of carbonyl (C=O) groups excluding carboxylic acids is 2. The van der Waals surface area contributed by atoms with Crippen molar-refractivity contribution in [2.75, 3.05) is 13.2 Å². The summed E-state index contributed by atoms with van der Waals surface area (Å²) in [5.41, 5.74) is 0.327. The molecule has 1 fully saturated rings. The molecule has 8 heteroatoms. The van der Waals surface area contributed by atoms with Crippen molar-refractivity contribution >= 4 is 45.8 Å². The second kappa shape index (κ2) is 9.36. The number of benzene rings is 1. The van der Waals surface area contributed by atoms with E-state index in [-0.39, 0.29) is 51.9 Å². The van der Waals surface area contributed by atoms with Crippen LogP contribution in [0.25, 0.3) is 22.2 Å². The van der Waals surface area contributed by atoms with Crippen molar-refractivity contribution in [2.45, 2.75) is 52.0 Å². The number of halogens is 1. The number of nitrogens with one attached hydrogen (secondary N) is 1. The molecular formula is C24H26ClNO6. The number of esters is 2. The molecule has 1 heterocycles. The second-order valence-electron chi connectivity index (χ2n) is 7.99. The number of fused-ring (bicyclic) bond motifs is 2. The average Bonchev–Trinajstić information content (AvgIpc) is 3.09. The largest absolute Gasteiger partial charge is 0.465 e. The van der Waals surface area contributed by atoms with Gasteiger partial charge in [-0.25, -0.2) is 4.79 Å². The van der Waals surface area contributed by atoms with E-state index in [1.165, 1.54) is 6.07 Å². The van der Waals surface area contributed by atoms with Crippen LogP contribution in [-0.2, 0) is 19.1 Å². The van der Waals surface area contributed by atoms with Gasteiger partial charge in [0.05, 0.1) is 23.8 Å². The Morgan fingerprint density at radius 1 is 1.12 bits per heavy atom. The van der Waals surface area contributed by atoms with Crippen LogP contribution >= 0.6 is 11.6 Å². The molecule has 1 aromatic heterocycles. The highest BCUT2D eigenvalue weighted by atomic mass is 35.5. The first-order valence-electron chi connectivity index (χ1n) is 11.1. The molecule has 7 nitrogen and oxygen atoms in total. The molecule has 0 bridgehead atoms. The van der Waals surface area contributed by atoms with Gasteiger partial charge in [-0.3, -0.25) is 9.59 Å². The van der Waals surface area contributed by atoms with E-state index in [9.17, 15) is 14.4 Å². The van der Waals surface area contributed by atoms with Gasteiger partial charge in [0, 0.05) is 16.8 Å². The lowest BCUT2D eigenvalue weighted by atomic mass is 9.93. The first kappa shape index (κ1) is 22.4. The summed E-state index contributed by atoms with van der Waals surface area (Å²) in [6.45, 7) is 3.62. The quantitative estimate of drug-likeness (QED) is 0.662.